The van der Waals surface area contributed by atoms with Crippen molar-refractivity contribution in [3.8, 4) is 5.75 Å². The second-order valence-corrected chi connectivity index (χ2v) is 8.10. The van der Waals surface area contributed by atoms with Crippen molar-refractivity contribution in [1.82, 2.24) is 9.66 Å². The number of phenolic OH excluding ortho intramolecular Hbond substituents is 1. The van der Waals surface area contributed by atoms with Crippen LogP contribution in [-0.2, 0) is 12.8 Å². The van der Waals surface area contributed by atoms with Crippen molar-refractivity contribution in [3.05, 3.63) is 67.9 Å². The predicted molar refractivity (Wildman–Crippen MR) is 116 cm³/mol. The summed E-state index contributed by atoms with van der Waals surface area (Å²) in [6.45, 7) is 1.74. The van der Waals surface area contributed by atoms with Crippen LogP contribution in [0.2, 0.25) is 0 Å². The molecule has 0 saturated heterocycles. The number of phenols is 1. The quantitative estimate of drug-likeness (QED) is 0.448. The van der Waals surface area contributed by atoms with Crippen molar-refractivity contribution in [2.75, 3.05) is 0 Å². The predicted octanol–water partition coefficient (Wildman–Crippen LogP) is 4.68. The van der Waals surface area contributed by atoms with Crippen LogP contribution in [0.4, 0.5) is 0 Å². The number of aromatic nitrogens is 2. The second-order valence-electron chi connectivity index (χ2n) is 7.24. The first kappa shape index (κ1) is 18.1. The van der Waals surface area contributed by atoms with Crippen molar-refractivity contribution in [2.24, 2.45) is 5.10 Å². The highest BCUT2D eigenvalue weighted by Crippen LogP contribution is 2.40. The van der Waals surface area contributed by atoms with Crippen LogP contribution < -0.4 is 5.56 Å². The molecule has 0 unspecified atom stereocenters. The number of halogens is 1. The highest BCUT2D eigenvalue weighted by atomic mass is 79.9. The molecule has 146 valence electrons. The fourth-order valence-electron chi connectivity index (χ4n) is 4.03. The summed E-state index contributed by atoms with van der Waals surface area (Å²) in [4.78, 5) is 17.4. The van der Waals surface area contributed by atoms with Crippen molar-refractivity contribution in [2.45, 2.75) is 32.6 Å². The van der Waals surface area contributed by atoms with E-state index < -0.39 is 0 Å². The molecule has 0 spiro atoms. The van der Waals surface area contributed by atoms with E-state index in [1.54, 1.807) is 31.2 Å². The molecule has 0 atom stereocenters. The average molecular weight is 452 g/mol. The number of para-hydroxylation sites is 1. The maximum Gasteiger partial charge on any atom is 0.282 e. The van der Waals surface area contributed by atoms with E-state index in [4.69, 9.17) is 4.42 Å². The molecular weight excluding hydrogens is 434 g/mol. The van der Waals surface area contributed by atoms with Crippen LogP contribution >= 0.6 is 15.9 Å². The van der Waals surface area contributed by atoms with Crippen molar-refractivity contribution in [1.29, 1.82) is 0 Å². The van der Waals surface area contributed by atoms with Gasteiger partial charge in [0.1, 0.15) is 22.9 Å². The summed E-state index contributed by atoms with van der Waals surface area (Å²) in [5, 5.41) is 16.5. The Morgan fingerprint density at radius 3 is 2.93 bits per heavy atom. The van der Waals surface area contributed by atoms with Crippen molar-refractivity contribution in [3.63, 3.8) is 0 Å². The van der Waals surface area contributed by atoms with Gasteiger partial charge >= 0.3 is 0 Å². The summed E-state index contributed by atoms with van der Waals surface area (Å²) in [7, 11) is 0. The zero-order valence-electron chi connectivity index (χ0n) is 15.8. The molecule has 0 aliphatic heterocycles. The molecule has 0 radical (unpaired) electrons. The molecule has 2 aromatic heterocycles. The third-order valence-corrected chi connectivity index (χ3v) is 6.03. The van der Waals surface area contributed by atoms with E-state index in [1.807, 2.05) is 6.07 Å². The highest BCUT2D eigenvalue weighted by molar-refractivity contribution is 9.10. The van der Waals surface area contributed by atoms with Crippen molar-refractivity contribution < 1.29 is 9.52 Å². The maximum atomic E-state index is 12.9. The van der Waals surface area contributed by atoms with Gasteiger partial charge in [0, 0.05) is 22.9 Å². The van der Waals surface area contributed by atoms with E-state index in [0.717, 1.165) is 42.4 Å². The van der Waals surface area contributed by atoms with Crippen LogP contribution in [-0.4, -0.2) is 21.0 Å². The Bertz CT molecular complexity index is 1370. The molecule has 7 heteroatoms. The standard InChI is InChI=1S/C22H18BrN3O3/c1-12-25-17-8-4-2-6-13(17)22(28)26(12)24-11-15-20-14-7-3-5-9-18(14)29-19(20)10-16(23)21(15)27/h2,4,6,8,10-11,27H,3,5,7,9H2,1H3/b24-11-. The van der Waals surface area contributed by atoms with E-state index in [-0.39, 0.29) is 11.3 Å². The van der Waals surface area contributed by atoms with Crippen molar-refractivity contribution >= 4 is 44.0 Å². The molecular formula is C22H18BrN3O3. The molecule has 0 saturated carbocycles. The summed E-state index contributed by atoms with van der Waals surface area (Å²) in [6, 6.07) is 8.97. The molecule has 6 nitrogen and oxygen atoms in total. The largest absolute Gasteiger partial charge is 0.506 e. The van der Waals surface area contributed by atoms with E-state index in [9.17, 15) is 9.90 Å². The SMILES string of the molecule is Cc1nc2ccccc2c(=O)n1/N=C\c1c(O)c(Br)cc2oc3c(c12)CCCC3. The number of fused-ring (bicyclic) bond motifs is 4. The molecule has 1 aliphatic rings. The van der Waals surface area contributed by atoms with E-state index in [1.165, 1.54) is 10.9 Å². The average Bonchev–Trinajstić information content (AvgIpc) is 3.08. The van der Waals surface area contributed by atoms with Gasteiger partial charge in [0.15, 0.2) is 0 Å². The number of nitrogens with zero attached hydrogens (tertiary/aromatic N) is 3. The zero-order chi connectivity index (χ0) is 20.1. The van der Waals surface area contributed by atoms with Crippen LogP contribution in [0.1, 0.15) is 35.6 Å². The van der Waals surface area contributed by atoms with Gasteiger partial charge in [-0.15, -0.1) is 0 Å². The van der Waals surface area contributed by atoms with E-state index in [0.29, 0.717) is 32.3 Å². The molecule has 4 aromatic rings. The Morgan fingerprint density at radius 2 is 2.07 bits per heavy atom. The molecule has 2 aromatic carbocycles. The number of rotatable bonds is 2. The first-order valence-electron chi connectivity index (χ1n) is 9.53. The monoisotopic (exact) mass is 451 g/mol. The van der Waals surface area contributed by atoms with Gasteiger partial charge in [-0.1, -0.05) is 12.1 Å². The number of hydrogen-bond donors (Lipinski definition) is 1. The van der Waals surface area contributed by atoms with Crippen LogP contribution in [0.25, 0.3) is 21.9 Å². The lowest BCUT2D eigenvalue weighted by Gasteiger charge is -2.10. The number of aryl methyl sites for hydroxylation is 3. The summed E-state index contributed by atoms with van der Waals surface area (Å²) < 4.78 is 7.83. The number of benzene rings is 2. The first-order valence-corrected chi connectivity index (χ1v) is 10.3. The van der Waals surface area contributed by atoms with E-state index in [2.05, 4.69) is 26.0 Å². The number of aromatic hydroxyl groups is 1. The van der Waals surface area contributed by atoms with Gasteiger partial charge in [-0.2, -0.15) is 9.78 Å². The first-order chi connectivity index (χ1) is 14.0. The fraction of sp³-hybridized carbons (Fsp3) is 0.227. The van der Waals surface area contributed by atoms with Crippen LogP contribution in [0.3, 0.4) is 0 Å². The van der Waals surface area contributed by atoms with Crippen LogP contribution in [0.5, 0.6) is 5.75 Å². The molecule has 2 heterocycles. The Kier molecular flexibility index (Phi) is 4.28. The third kappa shape index (κ3) is 2.88. The minimum Gasteiger partial charge on any atom is -0.506 e. The highest BCUT2D eigenvalue weighted by Gasteiger charge is 2.23. The smallest absolute Gasteiger partial charge is 0.282 e. The molecule has 1 N–H and O–H groups in total. The van der Waals surface area contributed by atoms with Gasteiger partial charge in [0.05, 0.1) is 21.6 Å². The maximum absolute atomic E-state index is 12.9. The third-order valence-electron chi connectivity index (χ3n) is 5.42. The Hall–Kier alpha value is -2.93. The topological polar surface area (TPSA) is 80.6 Å². The Labute approximate surface area is 174 Å². The summed E-state index contributed by atoms with van der Waals surface area (Å²) in [5.41, 5.74) is 2.77. The number of hydrogen-bond acceptors (Lipinski definition) is 5. The second kappa shape index (κ2) is 6.84. The lowest BCUT2D eigenvalue weighted by Crippen LogP contribution is -2.20. The fourth-order valence-corrected chi connectivity index (χ4v) is 4.45. The van der Waals surface area contributed by atoms with Gasteiger partial charge in [0.2, 0.25) is 0 Å². The zero-order valence-corrected chi connectivity index (χ0v) is 17.4. The Morgan fingerprint density at radius 1 is 1.28 bits per heavy atom. The minimum atomic E-state index is -0.246. The van der Waals surface area contributed by atoms with Crippen LogP contribution in [0.15, 0.2) is 49.1 Å². The van der Waals surface area contributed by atoms with Gasteiger partial charge in [-0.3, -0.25) is 4.79 Å². The van der Waals surface area contributed by atoms with Gasteiger partial charge in [0.25, 0.3) is 5.56 Å². The number of furan rings is 1. The minimum absolute atomic E-state index is 0.0786. The molecule has 1 aliphatic carbocycles. The lowest BCUT2D eigenvalue weighted by atomic mass is 9.94. The normalized spacial score (nSPS) is 14.1. The summed E-state index contributed by atoms with van der Waals surface area (Å²) in [5.74, 6) is 1.53. The Balaban J connectivity index is 1.73. The lowest BCUT2D eigenvalue weighted by molar-refractivity contribution is 0.471. The molecule has 0 amide bonds. The van der Waals surface area contributed by atoms with Gasteiger partial charge in [-0.05, 0) is 60.3 Å². The summed E-state index contributed by atoms with van der Waals surface area (Å²) in [6.07, 6.45) is 5.51. The summed E-state index contributed by atoms with van der Waals surface area (Å²) >= 11 is 3.40. The molecule has 5 rings (SSSR count). The molecule has 0 fully saturated rings. The van der Waals surface area contributed by atoms with Crippen LogP contribution in [0, 0.1) is 6.92 Å². The molecule has 0 bridgehead atoms. The van der Waals surface area contributed by atoms with Gasteiger partial charge < -0.3 is 9.52 Å². The molecule has 29 heavy (non-hydrogen) atoms. The van der Waals surface area contributed by atoms with E-state index >= 15 is 0 Å². The van der Waals surface area contributed by atoms with Gasteiger partial charge in [-0.25, -0.2) is 4.98 Å².